The fraction of sp³-hybridized carbons (Fsp3) is 0.524. The van der Waals surface area contributed by atoms with Crippen LogP contribution in [0.3, 0.4) is 0 Å². The van der Waals surface area contributed by atoms with E-state index in [0.29, 0.717) is 18.9 Å². The van der Waals surface area contributed by atoms with E-state index in [1.807, 2.05) is 43.5 Å². The van der Waals surface area contributed by atoms with Gasteiger partial charge < -0.3 is 19.1 Å². The Morgan fingerprint density at radius 2 is 2.07 bits per heavy atom. The first-order valence-corrected chi connectivity index (χ1v) is 9.62. The summed E-state index contributed by atoms with van der Waals surface area (Å²) >= 11 is 0. The average Bonchev–Trinajstić information content (AvgIpc) is 3.15. The number of piperidine rings is 1. The van der Waals surface area contributed by atoms with Crippen molar-refractivity contribution in [1.82, 2.24) is 14.5 Å². The Kier molecular flexibility index (Phi) is 6.50. The quantitative estimate of drug-likeness (QED) is 0.752. The standard InChI is InChI=1S/C21H30N4O2/c1-23(2)19-8-6-17(7-9-19)15-20(26)25-11-4-5-18(16-25)21-22-10-12-24(21)13-14-27-3/h6-10,12,18H,4-5,11,13-16H2,1-3H3/t18-/m0/s1. The van der Waals surface area contributed by atoms with E-state index in [1.165, 1.54) is 0 Å². The lowest BCUT2D eigenvalue weighted by atomic mass is 9.96. The van der Waals surface area contributed by atoms with Crippen molar-refractivity contribution in [3.05, 3.63) is 48.0 Å². The number of hydrogen-bond donors (Lipinski definition) is 0. The zero-order valence-corrected chi connectivity index (χ0v) is 16.6. The van der Waals surface area contributed by atoms with Gasteiger partial charge in [0.15, 0.2) is 0 Å². The highest BCUT2D eigenvalue weighted by Gasteiger charge is 2.27. The topological polar surface area (TPSA) is 50.6 Å². The molecule has 1 fully saturated rings. The van der Waals surface area contributed by atoms with Gasteiger partial charge in [-0.1, -0.05) is 12.1 Å². The minimum atomic E-state index is 0.201. The van der Waals surface area contributed by atoms with Gasteiger partial charge in [-0.15, -0.1) is 0 Å². The molecule has 0 aliphatic carbocycles. The van der Waals surface area contributed by atoms with Crippen LogP contribution in [0.15, 0.2) is 36.7 Å². The predicted octanol–water partition coefficient (Wildman–Crippen LogP) is 2.54. The Morgan fingerprint density at radius 1 is 1.30 bits per heavy atom. The van der Waals surface area contributed by atoms with Crippen molar-refractivity contribution in [2.75, 3.05) is 45.8 Å². The summed E-state index contributed by atoms with van der Waals surface area (Å²) in [6.45, 7) is 3.05. The second kappa shape index (κ2) is 9.04. The number of carbonyl (C=O) groups excluding carboxylic acids is 1. The SMILES string of the molecule is COCCn1ccnc1[C@H]1CCCN(C(=O)Cc2ccc(N(C)C)cc2)C1. The number of methoxy groups -OCH3 is 1. The molecule has 27 heavy (non-hydrogen) atoms. The smallest absolute Gasteiger partial charge is 0.227 e. The second-order valence-electron chi connectivity index (χ2n) is 7.39. The van der Waals surface area contributed by atoms with Gasteiger partial charge in [-0.05, 0) is 30.5 Å². The fourth-order valence-electron chi connectivity index (χ4n) is 3.67. The molecule has 1 atom stereocenters. The number of amides is 1. The number of nitrogens with zero attached hydrogens (tertiary/aromatic N) is 4. The van der Waals surface area contributed by atoms with E-state index in [1.54, 1.807) is 7.11 Å². The molecule has 1 aliphatic rings. The van der Waals surface area contributed by atoms with Gasteiger partial charge in [-0.25, -0.2) is 4.98 Å². The summed E-state index contributed by atoms with van der Waals surface area (Å²) in [5.74, 6) is 1.57. The van der Waals surface area contributed by atoms with E-state index >= 15 is 0 Å². The molecule has 0 unspecified atom stereocenters. The van der Waals surface area contributed by atoms with Gasteiger partial charge in [0.1, 0.15) is 5.82 Å². The van der Waals surface area contributed by atoms with Crippen LogP contribution in [-0.4, -0.2) is 61.3 Å². The summed E-state index contributed by atoms with van der Waals surface area (Å²) in [6, 6.07) is 8.22. The Balaban J connectivity index is 1.62. The number of hydrogen-bond acceptors (Lipinski definition) is 4. The predicted molar refractivity (Wildman–Crippen MR) is 107 cm³/mol. The van der Waals surface area contributed by atoms with Crippen LogP contribution < -0.4 is 4.90 Å². The van der Waals surface area contributed by atoms with Crippen LogP contribution in [0.1, 0.15) is 30.1 Å². The van der Waals surface area contributed by atoms with Gasteiger partial charge in [0.2, 0.25) is 5.91 Å². The molecule has 6 nitrogen and oxygen atoms in total. The summed E-state index contributed by atoms with van der Waals surface area (Å²) in [5, 5.41) is 0. The lowest BCUT2D eigenvalue weighted by Gasteiger charge is -2.33. The molecule has 0 bridgehead atoms. The normalized spacial score (nSPS) is 17.1. The maximum absolute atomic E-state index is 12.8. The van der Waals surface area contributed by atoms with Crippen LogP contribution in [-0.2, 0) is 22.5 Å². The summed E-state index contributed by atoms with van der Waals surface area (Å²) < 4.78 is 7.35. The molecule has 0 spiro atoms. The van der Waals surface area contributed by atoms with Gasteiger partial charge in [-0.3, -0.25) is 4.79 Å². The highest BCUT2D eigenvalue weighted by atomic mass is 16.5. The first-order chi connectivity index (χ1) is 13.1. The van der Waals surface area contributed by atoms with E-state index in [9.17, 15) is 4.79 Å². The second-order valence-corrected chi connectivity index (χ2v) is 7.39. The summed E-state index contributed by atoms with van der Waals surface area (Å²) in [4.78, 5) is 21.5. The van der Waals surface area contributed by atoms with Gasteiger partial charge in [0.25, 0.3) is 0 Å². The number of likely N-dealkylation sites (tertiary alicyclic amines) is 1. The Hall–Kier alpha value is -2.34. The number of rotatable bonds is 7. The van der Waals surface area contributed by atoms with Crippen LogP contribution >= 0.6 is 0 Å². The lowest BCUT2D eigenvalue weighted by molar-refractivity contribution is -0.131. The number of benzene rings is 1. The van der Waals surface area contributed by atoms with Crippen molar-refractivity contribution in [2.45, 2.75) is 31.7 Å². The first-order valence-electron chi connectivity index (χ1n) is 9.62. The molecule has 1 saturated heterocycles. The molecule has 6 heteroatoms. The molecule has 3 rings (SSSR count). The zero-order valence-electron chi connectivity index (χ0n) is 16.6. The van der Waals surface area contributed by atoms with Crippen LogP contribution in [0, 0.1) is 0 Å². The lowest BCUT2D eigenvalue weighted by Crippen LogP contribution is -2.40. The van der Waals surface area contributed by atoms with E-state index in [4.69, 9.17) is 4.74 Å². The number of aromatic nitrogens is 2. The largest absolute Gasteiger partial charge is 0.383 e. The Labute approximate surface area is 161 Å². The molecule has 1 amide bonds. The van der Waals surface area contributed by atoms with E-state index in [2.05, 4.69) is 26.6 Å². The summed E-state index contributed by atoms with van der Waals surface area (Å²) in [5.41, 5.74) is 2.21. The maximum atomic E-state index is 12.8. The van der Waals surface area contributed by atoms with Crippen molar-refractivity contribution in [1.29, 1.82) is 0 Å². The fourth-order valence-corrected chi connectivity index (χ4v) is 3.67. The van der Waals surface area contributed by atoms with E-state index < -0.39 is 0 Å². The number of imidazole rings is 1. The molecule has 2 heterocycles. The molecule has 0 radical (unpaired) electrons. The van der Waals surface area contributed by atoms with Crippen molar-refractivity contribution in [3.63, 3.8) is 0 Å². The number of anilines is 1. The maximum Gasteiger partial charge on any atom is 0.227 e. The molecular formula is C21H30N4O2. The minimum Gasteiger partial charge on any atom is -0.383 e. The molecular weight excluding hydrogens is 340 g/mol. The van der Waals surface area contributed by atoms with Crippen LogP contribution in [0.4, 0.5) is 5.69 Å². The Bertz CT molecular complexity index is 739. The highest BCUT2D eigenvalue weighted by Crippen LogP contribution is 2.26. The van der Waals surface area contributed by atoms with E-state index in [0.717, 1.165) is 49.6 Å². The van der Waals surface area contributed by atoms with Crippen molar-refractivity contribution in [2.24, 2.45) is 0 Å². The molecule has 0 N–H and O–H groups in total. The molecule has 1 aromatic carbocycles. The van der Waals surface area contributed by atoms with Crippen molar-refractivity contribution in [3.8, 4) is 0 Å². The van der Waals surface area contributed by atoms with Gasteiger partial charge in [-0.2, -0.15) is 0 Å². The molecule has 2 aromatic rings. The van der Waals surface area contributed by atoms with Gasteiger partial charge >= 0.3 is 0 Å². The van der Waals surface area contributed by atoms with Crippen LogP contribution in [0.2, 0.25) is 0 Å². The Morgan fingerprint density at radius 3 is 2.78 bits per heavy atom. The van der Waals surface area contributed by atoms with E-state index in [-0.39, 0.29) is 5.91 Å². The van der Waals surface area contributed by atoms with Crippen molar-refractivity contribution < 1.29 is 9.53 Å². The van der Waals surface area contributed by atoms with Crippen LogP contribution in [0.5, 0.6) is 0 Å². The molecule has 0 saturated carbocycles. The zero-order chi connectivity index (χ0) is 19.2. The third-order valence-electron chi connectivity index (χ3n) is 5.23. The minimum absolute atomic E-state index is 0.201. The molecule has 1 aliphatic heterocycles. The average molecular weight is 370 g/mol. The highest BCUT2D eigenvalue weighted by molar-refractivity contribution is 5.79. The molecule has 1 aromatic heterocycles. The third kappa shape index (κ3) is 4.89. The number of carbonyl (C=O) groups is 1. The van der Waals surface area contributed by atoms with Gasteiger partial charge in [0, 0.05) is 64.8 Å². The van der Waals surface area contributed by atoms with Gasteiger partial charge in [0.05, 0.1) is 13.0 Å². The number of ether oxygens (including phenoxy) is 1. The van der Waals surface area contributed by atoms with Crippen LogP contribution in [0.25, 0.3) is 0 Å². The van der Waals surface area contributed by atoms with Crippen molar-refractivity contribution >= 4 is 11.6 Å². The third-order valence-corrected chi connectivity index (χ3v) is 5.23. The summed E-state index contributed by atoms with van der Waals surface area (Å²) in [6.07, 6.45) is 6.40. The monoisotopic (exact) mass is 370 g/mol. The first kappa shape index (κ1) is 19.4. The summed E-state index contributed by atoms with van der Waals surface area (Å²) in [7, 11) is 5.75. The molecule has 146 valence electrons.